The number of piperazine rings is 1. The number of carboxylic acid groups (broad SMARTS) is 1. The highest BCUT2D eigenvalue weighted by atomic mass is 19.4. The number of fused-ring (bicyclic) bond motifs is 5. The Morgan fingerprint density at radius 3 is 2.67 bits per heavy atom. The van der Waals surface area contributed by atoms with E-state index in [1.165, 1.54) is 12.4 Å². The van der Waals surface area contributed by atoms with Gasteiger partial charge in [-0.05, 0) is 30.4 Å². The molecule has 3 aliphatic rings. The van der Waals surface area contributed by atoms with Gasteiger partial charge in [0.2, 0.25) is 12.0 Å². The van der Waals surface area contributed by atoms with Crippen LogP contribution in [0.4, 0.5) is 23.8 Å². The van der Waals surface area contributed by atoms with Crippen LogP contribution < -0.4 is 9.64 Å². The number of anilines is 1. The third kappa shape index (κ3) is 2.25. The summed E-state index contributed by atoms with van der Waals surface area (Å²) < 4.78 is 47.4. The van der Waals surface area contributed by atoms with E-state index in [-0.39, 0.29) is 18.5 Å². The van der Waals surface area contributed by atoms with E-state index in [4.69, 9.17) is 4.74 Å². The summed E-state index contributed by atoms with van der Waals surface area (Å²) in [5.41, 5.74) is 0. The summed E-state index contributed by atoms with van der Waals surface area (Å²) in [6.45, 7) is 0.143. The molecule has 0 radical (unpaired) electrons. The molecule has 2 aromatic heterocycles. The lowest BCUT2D eigenvalue weighted by molar-refractivity contribution is -0.206. The van der Waals surface area contributed by atoms with Crippen molar-refractivity contribution >= 4 is 22.7 Å². The summed E-state index contributed by atoms with van der Waals surface area (Å²) in [6, 6.07) is 0.982. The van der Waals surface area contributed by atoms with Crippen molar-refractivity contribution in [1.29, 1.82) is 0 Å². The van der Waals surface area contributed by atoms with E-state index < -0.39 is 30.5 Å². The van der Waals surface area contributed by atoms with E-state index in [0.717, 1.165) is 4.90 Å². The molecule has 0 aromatic carbocycles. The van der Waals surface area contributed by atoms with E-state index in [9.17, 15) is 23.1 Å². The summed E-state index contributed by atoms with van der Waals surface area (Å²) in [4.78, 5) is 22.8. The molecule has 4 unspecified atom stereocenters. The van der Waals surface area contributed by atoms with Gasteiger partial charge in [0.25, 0.3) is 0 Å². The van der Waals surface area contributed by atoms with Gasteiger partial charge in [-0.2, -0.15) is 13.2 Å². The molecular formula is C17H15F3N4O3. The van der Waals surface area contributed by atoms with Crippen LogP contribution in [0.5, 0.6) is 5.88 Å². The first-order valence-corrected chi connectivity index (χ1v) is 8.61. The van der Waals surface area contributed by atoms with Gasteiger partial charge < -0.3 is 14.7 Å². The molecule has 2 fully saturated rings. The third-order valence-electron chi connectivity index (χ3n) is 5.70. The van der Waals surface area contributed by atoms with Crippen molar-refractivity contribution in [2.75, 3.05) is 11.4 Å². The topological polar surface area (TPSA) is 78.8 Å². The number of carbonyl (C=O) groups is 1. The van der Waals surface area contributed by atoms with E-state index in [1.807, 2.05) is 0 Å². The maximum atomic E-state index is 14.0. The molecule has 5 heterocycles. The monoisotopic (exact) mass is 380 g/mol. The number of ether oxygens (including phenoxy) is 1. The highest BCUT2D eigenvalue weighted by molar-refractivity contribution is 5.96. The van der Waals surface area contributed by atoms with Gasteiger partial charge in [-0.15, -0.1) is 0 Å². The smallest absolute Gasteiger partial charge is 0.427 e. The molecule has 2 saturated heterocycles. The first kappa shape index (κ1) is 16.4. The lowest BCUT2D eigenvalue weighted by atomic mass is 9.96. The van der Waals surface area contributed by atoms with Crippen molar-refractivity contribution in [1.82, 2.24) is 14.9 Å². The Hall–Kier alpha value is -2.78. The number of amides is 1. The summed E-state index contributed by atoms with van der Waals surface area (Å²) in [7, 11) is 0. The van der Waals surface area contributed by atoms with Crippen LogP contribution in [0.3, 0.4) is 0 Å². The van der Waals surface area contributed by atoms with Gasteiger partial charge >= 0.3 is 12.3 Å². The normalized spacial score (nSPS) is 29.3. The second-order valence-corrected chi connectivity index (χ2v) is 7.06. The molecule has 2 bridgehead atoms. The SMILES string of the molecule is O=C(O)N1C2CCC1C1C(C(F)(F)F)Oc3nccc4ccnc(c34)N1C2. The van der Waals surface area contributed by atoms with Gasteiger partial charge in [-0.3, -0.25) is 4.90 Å². The molecule has 1 N–H and O–H groups in total. The fraction of sp³-hybridized carbons (Fsp3) is 0.471. The van der Waals surface area contributed by atoms with Crippen molar-refractivity contribution in [2.24, 2.45) is 0 Å². The van der Waals surface area contributed by atoms with Crippen LogP contribution >= 0.6 is 0 Å². The number of aromatic nitrogens is 2. The van der Waals surface area contributed by atoms with Gasteiger partial charge in [0, 0.05) is 18.9 Å². The van der Waals surface area contributed by atoms with Crippen molar-refractivity contribution in [3.05, 3.63) is 24.5 Å². The molecule has 5 rings (SSSR count). The van der Waals surface area contributed by atoms with Crippen LogP contribution in [-0.2, 0) is 0 Å². The van der Waals surface area contributed by atoms with E-state index >= 15 is 0 Å². The van der Waals surface area contributed by atoms with Crippen LogP contribution in [0.1, 0.15) is 12.8 Å². The fourth-order valence-electron chi connectivity index (χ4n) is 4.70. The summed E-state index contributed by atoms with van der Waals surface area (Å²) >= 11 is 0. The number of rotatable bonds is 0. The Morgan fingerprint density at radius 2 is 1.96 bits per heavy atom. The molecule has 27 heavy (non-hydrogen) atoms. The first-order chi connectivity index (χ1) is 12.9. The predicted octanol–water partition coefficient (Wildman–Crippen LogP) is 2.65. The van der Waals surface area contributed by atoms with Crippen molar-refractivity contribution in [3.8, 4) is 5.88 Å². The van der Waals surface area contributed by atoms with Crippen LogP contribution in [0.25, 0.3) is 10.8 Å². The largest absolute Gasteiger partial charge is 0.465 e. The lowest BCUT2D eigenvalue weighted by Crippen LogP contribution is -2.67. The fourth-order valence-corrected chi connectivity index (χ4v) is 4.70. The minimum absolute atomic E-state index is 0.120. The average Bonchev–Trinajstić information content (AvgIpc) is 2.85. The molecule has 4 atom stereocenters. The van der Waals surface area contributed by atoms with E-state index in [1.54, 1.807) is 17.0 Å². The van der Waals surface area contributed by atoms with Gasteiger partial charge in [0.05, 0.1) is 23.5 Å². The van der Waals surface area contributed by atoms with Crippen LogP contribution in [0.15, 0.2) is 24.5 Å². The Balaban J connectivity index is 1.74. The van der Waals surface area contributed by atoms with Gasteiger partial charge in [0.15, 0.2) is 0 Å². The lowest BCUT2D eigenvalue weighted by Gasteiger charge is -2.47. The Labute approximate surface area is 151 Å². The molecule has 7 nitrogen and oxygen atoms in total. The highest BCUT2D eigenvalue weighted by Gasteiger charge is 2.60. The minimum atomic E-state index is -4.69. The highest BCUT2D eigenvalue weighted by Crippen LogP contribution is 2.46. The van der Waals surface area contributed by atoms with Gasteiger partial charge in [-0.25, -0.2) is 14.8 Å². The molecular weight excluding hydrogens is 365 g/mol. The quantitative estimate of drug-likeness (QED) is 0.757. The van der Waals surface area contributed by atoms with Gasteiger partial charge in [-0.1, -0.05) is 0 Å². The molecule has 1 amide bonds. The zero-order valence-corrected chi connectivity index (χ0v) is 13.9. The van der Waals surface area contributed by atoms with Crippen molar-refractivity contribution in [3.63, 3.8) is 0 Å². The predicted molar refractivity (Wildman–Crippen MR) is 87.8 cm³/mol. The minimum Gasteiger partial charge on any atom is -0.465 e. The van der Waals surface area contributed by atoms with Crippen LogP contribution in [0, 0.1) is 0 Å². The number of nitrogens with zero attached hydrogens (tertiary/aromatic N) is 4. The van der Waals surface area contributed by atoms with Crippen LogP contribution in [0.2, 0.25) is 0 Å². The number of hydrogen-bond acceptors (Lipinski definition) is 5. The molecule has 0 aliphatic carbocycles. The third-order valence-corrected chi connectivity index (χ3v) is 5.70. The maximum Gasteiger partial charge on any atom is 0.427 e. The number of halogens is 3. The Bertz CT molecular complexity index is 932. The molecule has 3 aliphatic heterocycles. The summed E-state index contributed by atoms with van der Waals surface area (Å²) in [5, 5.41) is 10.7. The number of pyridine rings is 2. The second kappa shape index (κ2) is 5.37. The zero-order chi connectivity index (χ0) is 18.9. The van der Waals surface area contributed by atoms with Gasteiger partial charge in [0.1, 0.15) is 5.82 Å². The molecule has 2 aromatic rings. The second-order valence-electron chi connectivity index (χ2n) is 7.06. The maximum absolute atomic E-state index is 14.0. The molecule has 10 heteroatoms. The molecule has 0 spiro atoms. The summed E-state index contributed by atoms with van der Waals surface area (Å²) in [5.74, 6) is 0.249. The zero-order valence-electron chi connectivity index (χ0n) is 13.9. The number of alkyl halides is 3. The summed E-state index contributed by atoms with van der Waals surface area (Å²) in [6.07, 6.45) is -4.27. The Kier molecular flexibility index (Phi) is 3.26. The molecule has 142 valence electrons. The van der Waals surface area contributed by atoms with E-state index in [2.05, 4.69) is 9.97 Å². The van der Waals surface area contributed by atoms with Crippen molar-refractivity contribution < 1.29 is 27.8 Å². The van der Waals surface area contributed by atoms with Crippen molar-refractivity contribution in [2.45, 2.75) is 43.2 Å². The van der Waals surface area contributed by atoms with Crippen LogP contribution in [-0.4, -0.2) is 63.0 Å². The van der Waals surface area contributed by atoms with E-state index in [0.29, 0.717) is 29.4 Å². The Morgan fingerprint density at radius 1 is 1.22 bits per heavy atom. The standard InChI is InChI=1S/C17H15F3N4O3/c18-17(19,20)13-12-10-2-1-9(24(10)16(25)26)7-23(12)14-11-8(3-5-21-14)4-6-22-15(11)27-13/h3-6,9-10,12-13H,1-2,7H2,(H,25,26). The molecule has 0 saturated carbocycles. The first-order valence-electron chi connectivity index (χ1n) is 8.61. The average molecular weight is 380 g/mol. The number of hydrogen-bond donors (Lipinski definition) is 1.